The summed E-state index contributed by atoms with van der Waals surface area (Å²) in [6.45, 7) is 1.50. The van der Waals surface area contributed by atoms with Crippen molar-refractivity contribution in [2.24, 2.45) is 0 Å². The van der Waals surface area contributed by atoms with Gasteiger partial charge in [0.1, 0.15) is 0 Å². The normalized spacial score (nSPS) is 15.4. The Balaban J connectivity index is 0.00000160. The predicted octanol–water partition coefficient (Wildman–Crippen LogP) is 5.13. The van der Waals surface area contributed by atoms with Crippen molar-refractivity contribution >= 4 is 52.9 Å². The molecule has 1 unspecified atom stereocenters. The van der Waals surface area contributed by atoms with Crippen LogP contribution in [0.3, 0.4) is 0 Å². The lowest BCUT2D eigenvalue weighted by molar-refractivity contribution is 0.320. The van der Waals surface area contributed by atoms with E-state index in [9.17, 15) is 8.42 Å². The van der Waals surface area contributed by atoms with Gasteiger partial charge in [0.2, 0.25) is 10.0 Å². The number of benzene rings is 2. The number of sulfonamides is 1. The van der Waals surface area contributed by atoms with Gasteiger partial charge in [0, 0.05) is 43.4 Å². The van der Waals surface area contributed by atoms with Gasteiger partial charge in [-0.2, -0.15) is 4.31 Å². The summed E-state index contributed by atoms with van der Waals surface area (Å²) in [7, 11) is -3.45. The van der Waals surface area contributed by atoms with Gasteiger partial charge in [-0.15, -0.1) is 37.2 Å². The van der Waals surface area contributed by atoms with E-state index in [1.54, 1.807) is 16.8 Å². The van der Waals surface area contributed by atoms with Crippen LogP contribution >= 0.6 is 37.2 Å². The number of fused-ring (bicyclic) bond motifs is 1. The van der Waals surface area contributed by atoms with Crippen molar-refractivity contribution in [2.45, 2.75) is 25.6 Å². The van der Waals surface area contributed by atoms with E-state index in [2.05, 4.69) is 50.2 Å². The number of nitrogens with one attached hydrogen (secondary N) is 1. The minimum Gasteiger partial charge on any atom is -0.364 e. The number of hydrogen-bond acceptors (Lipinski definition) is 5. The van der Waals surface area contributed by atoms with E-state index in [0.717, 1.165) is 33.6 Å². The van der Waals surface area contributed by atoms with Crippen molar-refractivity contribution in [2.75, 3.05) is 17.7 Å². The van der Waals surface area contributed by atoms with Crippen LogP contribution in [0.4, 0.5) is 5.69 Å². The number of hydrogen-bond donors (Lipinski definition) is 1. The van der Waals surface area contributed by atoms with Gasteiger partial charge in [-0.3, -0.25) is 4.98 Å². The Kier molecular flexibility index (Phi) is 11.0. The molecule has 1 atom stereocenters. The van der Waals surface area contributed by atoms with Gasteiger partial charge in [0.05, 0.1) is 24.8 Å². The summed E-state index contributed by atoms with van der Waals surface area (Å²) in [5, 5.41) is 0. The second kappa shape index (κ2) is 13.3. The SMILES string of the molecule is CS(=O)(=O)N1Cc2cc(-c3cccnc3)ccc2N(Cc2cnc[nH]2)CC1Cc1ccccc1.Cl.Cl.Cl. The Hall–Kier alpha value is -2.62. The number of rotatable bonds is 6. The molecule has 0 saturated heterocycles. The third kappa shape index (κ3) is 7.24. The van der Waals surface area contributed by atoms with E-state index in [1.165, 1.54) is 6.26 Å². The van der Waals surface area contributed by atoms with E-state index < -0.39 is 10.0 Å². The van der Waals surface area contributed by atoms with Gasteiger partial charge < -0.3 is 9.88 Å². The summed E-state index contributed by atoms with van der Waals surface area (Å²) in [6, 6.07) is 20.1. The molecule has 0 amide bonds. The molecule has 7 nitrogen and oxygen atoms in total. The fourth-order valence-electron chi connectivity index (χ4n) is 4.64. The second-order valence-corrected chi connectivity index (χ2v) is 10.6. The standard InChI is InChI=1S/C26H27N5O2S.3ClH/c1-34(32,33)31-16-23-13-21(22-8-5-11-27-14-22)9-10-26(23)30(17-24-15-28-19-29-24)18-25(31)12-20-6-3-2-4-7-20;;;/h2-11,13-15,19,25H,12,16-18H2,1H3,(H,28,29);3*1H. The van der Waals surface area contributed by atoms with Crippen molar-refractivity contribution in [3.63, 3.8) is 0 Å². The summed E-state index contributed by atoms with van der Waals surface area (Å²) in [6.07, 6.45) is 9.00. The summed E-state index contributed by atoms with van der Waals surface area (Å²) >= 11 is 0. The molecule has 5 rings (SSSR count). The Morgan fingerprint density at radius 3 is 2.38 bits per heavy atom. The summed E-state index contributed by atoms with van der Waals surface area (Å²) in [4.78, 5) is 13.9. The van der Waals surface area contributed by atoms with E-state index in [-0.39, 0.29) is 43.3 Å². The second-order valence-electron chi connectivity index (χ2n) is 8.69. The third-order valence-electron chi connectivity index (χ3n) is 6.24. The molecule has 0 aliphatic carbocycles. The van der Waals surface area contributed by atoms with Crippen molar-refractivity contribution < 1.29 is 8.42 Å². The molecule has 2 aromatic heterocycles. The lowest BCUT2D eigenvalue weighted by Crippen LogP contribution is -2.45. The predicted molar refractivity (Wildman–Crippen MR) is 155 cm³/mol. The summed E-state index contributed by atoms with van der Waals surface area (Å²) < 4.78 is 27.7. The molecule has 0 spiro atoms. The van der Waals surface area contributed by atoms with Gasteiger partial charge >= 0.3 is 0 Å². The highest BCUT2D eigenvalue weighted by Gasteiger charge is 2.33. The van der Waals surface area contributed by atoms with Crippen LogP contribution in [0.25, 0.3) is 11.1 Å². The van der Waals surface area contributed by atoms with Gasteiger partial charge in [0.15, 0.2) is 0 Å². The molecular formula is C26H30Cl3N5O2S. The van der Waals surface area contributed by atoms with Gasteiger partial charge in [0.25, 0.3) is 0 Å². The Bertz CT molecular complexity index is 1360. The van der Waals surface area contributed by atoms with Gasteiger partial charge in [-0.25, -0.2) is 13.4 Å². The van der Waals surface area contributed by atoms with Crippen molar-refractivity contribution in [1.29, 1.82) is 0 Å². The molecule has 2 aromatic carbocycles. The van der Waals surface area contributed by atoms with Crippen LogP contribution in [-0.4, -0.2) is 46.5 Å². The monoisotopic (exact) mass is 581 g/mol. The maximum Gasteiger partial charge on any atom is 0.211 e. The summed E-state index contributed by atoms with van der Waals surface area (Å²) in [5.41, 5.74) is 6.12. The van der Waals surface area contributed by atoms with Crippen LogP contribution in [0.1, 0.15) is 16.8 Å². The highest BCUT2D eigenvalue weighted by atomic mass is 35.5. The molecule has 3 heterocycles. The maximum atomic E-state index is 13.0. The smallest absolute Gasteiger partial charge is 0.211 e. The van der Waals surface area contributed by atoms with E-state index in [1.807, 2.05) is 42.7 Å². The molecule has 0 radical (unpaired) electrons. The number of aromatic amines is 1. The molecule has 1 aliphatic heterocycles. The van der Waals surface area contributed by atoms with Crippen molar-refractivity contribution in [3.8, 4) is 11.1 Å². The molecular weight excluding hydrogens is 553 g/mol. The number of nitrogens with zero attached hydrogens (tertiary/aromatic N) is 4. The van der Waals surface area contributed by atoms with E-state index >= 15 is 0 Å². The van der Waals surface area contributed by atoms with Crippen LogP contribution in [-0.2, 0) is 29.5 Å². The molecule has 1 aliphatic rings. The topological polar surface area (TPSA) is 82.2 Å². The van der Waals surface area contributed by atoms with Gasteiger partial charge in [-0.1, -0.05) is 42.5 Å². The average molecular weight is 583 g/mol. The van der Waals surface area contributed by atoms with Crippen LogP contribution in [0.5, 0.6) is 0 Å². The lowest BCUT2D eigenvalue weighted by Gasteiger charge is -2.31. The number of aromatic nitrogens is 3. The van der Waals surface area contributed by atoms with Crippen LogP contribution in [0.15, 0.2) is 85.6 Å². The molecule has 37 heavy (non-hydrogen) atoms. The first-order chi connectivity index (χ1) is 16.5. The zero-order chi connectivity index (χ0) is 23.5. The van der Waals surface area contributed by atoms with E-state index in [4.69, 9.17) is 0 Å². The first kappa shape index (κ1) is 30.6. The van der Waals surface area contributed by atoms with Gasteiger partial charge in [-0.05, 0) is 46.9 Å². The Morgan fingerprint density at radius 1 is 0.946 bits per heavy atom. The van der Waals surface area contributed by atoms with E-state index in [0.29, 0.717) is 26.1 Å². The fraction of sp³-hybridized carbons (Fsp3) is 0.231. The molecule has 0 saturated carbocycles. The number of anilines is 1. The number of imidazole rings is 1. The lowest BCUT2D eigenvalue weighted by atomic mass is 10.0. The molecule has 11 heteroatoms. The van der Waals surface area contributed by atoms with Crippen molar-refractivity contribution in [1.82, 2.24) is 19.3 Å². The number of H-pyrrole nitrogens is 1. The maximum absolute atomic E-state index is 13.0. The zero-order valence-corrected chi connectivity index (χ0v) is 23.5. The largest absolute Gasteiger partial charge is 0.364 e. The fourth-order valence-corrected chi connectivity index (χ4v) is 5.70. The molecule has 0 fully saturated rings. The Morgan fingerprint density at radius 2 is 1.73 bits per heavy atom. The zero-order valence-electron chi connectivity index (χ0n) is 20.2. The third-order valence-corrected chi connectivity index (χ3v) is 7.52. The molecule has 1 N–H and O–H groups in total. The minimum absolute atomic E-state index is 0. The highest BCUT2D eigenvalue weighted by Crippen LogP contribution is 2.34. The molecule has 198 valence electrons. The average Bonchev–Trinajstić information content (AvgIpc) is 3.30. The first-order valence-corrected chi connectivity index (χ1v) is 13.1. The molecule has 0 bridgehead atoms. The number of halogens is 3. The number of pyridine rings is 1. The quantitative estimate of drug-likeness (QED) is 0.341. The van der Waals surface area contributed by atoms with Crippen molar-refractivity contribution in [3.05, 3.63) is 102 Å². The van der Waals surface area contributed by atoms with Crippen LogP contribution in [0, 0.1) is 0 Å². The highest BCUT2D eigenvalue weighted by molar-refractivity contribution is 7.88. The Labute approximate surface area is 236 Å². The van der Waals surface area contributed by atoms with Crippen LogP contribution < -0.4 is 4.90 Å². The molecule has 4 aromatic rings. The summed E-state index contributed by atoms with van der Waals surface area (Å²) in [5.74, 6) is 0. The van der Waals surface area contributed by atoms with Crippen LogP contribution in [0.2, 0.25) is 0 Å². The first-order valence-electron chi connectivity index (χ1n) is 11.2. The minimum atomic E-state index is -3.45.